The van der Waals surface area contributed by atoms with Crippen LogP contribution in [0.1, 0.15) is 22.8 Å². The molecule has 106 valence electrons. The smallest absolute Gasteiger partial charge is 0.323 e. The van der Waals surface area contributed by atoms with E-state index in [1.165, 1.54) is 9.80 Å². The SMILES string of the molecule is CCN(CC(=O)O)C(=O)CN1Cc2ccccc2C1=O. The number of carboxylic acid groups (broad SMARTS) is 1. The monoisotopic (exact) mass is 276 g/mol. The molecular formula is C14H16N2O4. The normalized spacial score (nSPS) is 13.2. The highest BCUT2D eigenvalue weighted by Crippen LogP contribution is 2.21. The van der Waals surface area contributed by atoms with Gasteiger partial charge in [0, 0.05) is 18.7 Å². The summed E-state index contributed by atoms with van der Waals surface area (Å²) in [5, 5.41) is 8.74. The quantitative estimate of drug-likeness (QED) is 0.853. The van der Waals surface area contributed by atoms with Crippen molar-refractivity contribution >= 4 is 17.8 Å². The molecule has 0 fully saturated rings. The Morgan fingerprint density at radius 2 is 2.05 bits per heavy atom. The fraction of sp³-hybridized carbons (Fsp3) is 0.357. The van der Waals surface area contributed by atoms with E-state index in [4.69, 9.17) is 5.11 Å². The molecule has 0 spiro atoms. The zero-order valence-corrected chi connectivity index (χ0v) is 11.2. The van der Waals surface area contributed by atoms with Crippen molar-refractivity contribution in [3.05, 3.63) is 35.4 Å². The van der Waals surface area contributed by atoms with E-state index in [1.807, 2.05) is 12.1 Å². The van der Waals surface area contributed by atoms with Crippen molar-refractivity contribution in [1.29, 1.82) is 0 Å². The summed E-state index contributed by atoms with van der Waals surface area (Å²) in [6.07, 6.45) is 0. The van der Waals surface area contributed by atoms with Gasteiger partial charge in [0.25, 0.3) is 5.91 Å². The maximum absolute atomic E-state index is 12.1. The molecule has 1 aliphatic rings. The second-order valence-electron chi connectivity index (χ2n) is 4.62. The first-order chi connectivity index (χ1) is 9.52. The van der Waals surface area contributed by atoms with Crippen LogP contribution in [-0.4, -0.2) is 52.3 Å². The summed E-state index contributed by atoms with van der Waals surface area (Å²) in [5.41, 5.74) is 1.51. The van der Waals surface area contributed by atoms with Crippen molar-refractivity contribution in [2.75, 3.05) is 19.6 Å². The summed E-state index contributed by atoms with van der Waals surface area (Å²) >= 11 is 0. The van der Waals surface area contributed by atoms with Gasteiger partial charge in [-0.3, -0.25) is 14.4 Å². The minimum absolute atomic E-state index is 0.0887. The highest BCUT2D eigenvalue weighted by atomic mass is 16.4. The van der Waals surface area contributed by atoms with E-state index in [-0.39, 0.29) is 24.9 Å². The summed E-state index contributed by atoms with van der Waals surface area (Å²) in [6.45, 7) is 1.98. The molecule has 1 aliphatic heterocycles. The van der Waals surface area contributed by atoms with Gasteiger partial charge in [-0.25, -0.2) is 0 Å². The second kappa shape index (κ2) is 5.73. The number of nitrogens with zero attached hydrogens (tertiary/aromatic N) is 2. The van der Waals surface area contributed by atoms with Crippen molar-refractivity contribution in [3.8, 4) is 0 Å². The summed E-state index contributed by atoms with van der Waals surface area (Å²) in [7, 11) is 0. The molecule has 0 aromatic heterocycles. The molecule has 2 amide bonds. The lowest BCUT2D eigenvalue weighted by atomic mass is 10.1. The molecule has 1 aromatic carbocycles. The molecular weight excluding hydrogens is 260 g/mol. The highest BCUT2D eigenvalue weighted by molar-refractivity contribution is 6.00. The minimum atomic E-state index is -1.06. The van der Waals surface area contributed by atoms with Crippen LogP contribution >= 0.6 is 0 Å². The number of aliphatic carboxylic acids is 1. The molecule has 0 saturated carbocycles. The van der Waals surface area contributed by atoms with Crippen LogP contribution in [0.5, 0.6) is 0 Å². The molecule has 0 radical (unpaired) electrons. The maximum atomic E-state index is 12.1. The van der Waals surface area contributed by atoms with Crippen LogP contribution in [0.4, 0.5) is 0 Å². The molecule has 0 saturated heterocycles. The van der Waals surface area contributed by atoms with Gasteiger partial charge in [-0.2, -0.15) is 0 Å². The number of hydrogen-bond donors (Lipinski definition) is 1. The first-order valence-electron chi connectivity index (χ1n) is 6.39. The molecule has 1 N–H and O–H groups in total. The molecule has 1 aromatic rings. The third-order valence-electron chi connectivity index (χ3n) is 3.28. The van der Waals surface area contributed by atoms with E-state index in [9.17, 15) is 14.4 Å². The molecule has 0 aliphatic carbocycles. The molecule has 1 heterocycles. The number of hydrogen-bond acceptors (Lipinski definition) is 3. The van der Waals surface area contributed by atoms with E-state index < -0.39 is 5.97 Å². The Kier molecular flexibility index (Phi) is 4.02. The lowest BCUT2D eigenvalue weighted by Gasteiger charge is -2.22. The Hall–Kier alpha value is -2.37. The fourth-order valence-corrected chi connectivity index (χ4v) is 2.25. The van der Waals surface area contributed by atoms with Crippen molar-refractivity contribution in [2.24, 2.45) is 0 Å². The van der Waals surface area contributed by atoms with Crippen molar-refractivity contribution in [3.63, 3.8) is 0 Å². The molecule has 2 rings (SSSR count). The van der Waals surface area contributed by atoms with Crippen LogP contribution in [0.2, 0.25) is 0 Å². The summed E-state index contributed by atoms with van der Waals surface area (Å²) in [6, 6.07) is 7.22. The molecule has 0 bridgehead atoms. The Bertz CT molecular complexity index is 556. The number of fused-ring (bicyclic) bond motifs is 1. The van der Waals surface area contributed by atoms with Gasteiger partial charge in [0.2, 0.25) is 5.91 Å². The third-order valence-corrected chi connectivity index (χ3v) is 3.28. The molecule has 6 heteroatoms. The standard InChI is InChI=1S/C14H16N2O4/c1-2-15(9-13(18)19)12(17)8-16-7-10-5-3-4-6-11(10)14(16)20/h3-6H,2,7-9H2,1H3,(H,18,19). The molecule has 0 atom stereocenters. The third kappa shape index (κ3) is 2.79. The van der Waals surface area contributed by atoms with E-state index in [1.54, 1.807) is 19.1 Å². The van der Waals surface area contributed by atoms with E-state index >= 15 is 0 Å². The number of carbonyl (C=O) groups excluding carboxylic acids is 2. The predicted molar refractivity (Wildman–Crippen MR) is 71.1 cm³/mol. The average Bonchev–Trinajstić information content (AvgIpc) is 2.73. The van der Waals surface area contributed by atoms with Crippen LogP contribution in [-0.2, 0) is 16.1 Å². The van der Waals surface area contributed by atoms with Gasteiger partial charge >= 0.3 is 5.97 Å². The van der Waals surface area contributed by atoms with Crippen molar-refractivity contribution in [2.45, 2.75) is 13.5 Å². The maximum Gasteiger partial charge on any atom is 0.323 e. The summed E-state index contributed by atoms with van der Waals surface area (Å²) in [4.78, 5) is 37.5. The van der Waals surface area contributed by atoms with Crippen LogP contribution < -0.4 is 0 Å². The Balaban J connectivity index is 2.03. The Morgan fingerprint density at radius 3 is 2.65 bits per heavy atom. The Morgan fingerprint density at radius 1 is 1.35 bits per heavy atom. The Labute approximate surface area is 116 Å². The van der Waals surface area contributed by atoms with Crippen LogP contribution in [0.25, 0.3) is 0 Å². The van der Waals surface area contributed by atoms with Crippen LogP contribution in [0, 0.1) is 0 Å². The van der Waals surface area contributed by atoms with E-state index in [0.29, 0.717) is 18.7 Å². The predicted octanol–water partition coefficient (Wildman–Crippen LogP) is 0.575. The van der Waals surface area contributed by atoms with Gasteiger partial charge in [0.1, 0.15) is 13.1 Å². The van der Waals surface area contributed by atoms with E-state index in [0.717, 1.165) is 5.56 Å². The zero-order chi connectivity index (χ0) is 14.7. The number of carbonyl (C=O) groups is 3. The van der Waals surface area contributed by atoms with Crippen molar-refractivity contribution in [1.82, 2.24) is 9.80 Å². The highest BCUT2D eigenvalue weighted by Gasteiger charge is 2.29. The van der Waals surface area contributed by atoms with E-state index in [2.05, 4.69) is 0 Å². The topological polar surface area (TPSA) is 77.9 Å². The van der Waals surface area contributed by atoms with Crippen LogP contribution in [0.15, 0.2) is 24.3 Å². The first kappa shape index (κ1) is 14.0. The number of likely N-dealkylation sites (N-methyl/N-ethyl adjacent to an activating group) is 1. The van der Waals surface area contributed by atoms with Gasteiger partial charge < -0.3 is 14.9 Å². The largest absolute Gasteiger partial charge is 0.480 e. The molecule has 6 nitrogen and oxygen atoms in total. The lowest BCUT2D eigenvalue weighted by molar-refractivity contribution is -0.144. The number of amides is 2. The van der Waals surface area contributed by atoms with Gasteiger partial charge in [-0.1, -0.05) is 18.2 Å². The number of carboxylic acids is 1. The average molecular weight is 276 g/mol. The van der Waals surface area contributed by atoms with Gasteiger partial charge in [-0.05, 0) is 18.6 Å². The summed E-state index contributed by atoms with van der Waals surface area (Å²) < 4.78 is 0. The number of rotatable bonds is 5. The molecule has 20 heavy (non-hydrogen) atoms. The second-order valence-corrected chi connectivity index (χ2v) is 4.62. The lowest BCUT2D eigenvalue weighted by Crippen LogP contribution is -2.42. The van der Waals surface area contributed by atoms with Gasteiger partial charge in [0.15, 0.2) is 0 Å². The minimum Gasteiger partial charge on any atom is -0.480 e. The van der Waals surface area contributed by atoms with Crippen molar-refractivity contribution < 1.29 is 19.5 Å². The zero-order valence-electron chi connectivity index (χ0n) is 11.2. The molecule has 0 unspecified atom stereocenters. The fourth-order valence-electron chi connectivity index (χ4n) is 2.25. The number of benzene rings is 1. The summed E-state index contributed by atoms with van der Waals surface area (Å²) in [5.74, 6) is -1.59. The van der Waals surface area contributed by atoms with Gasteiger partial charge in [-0.15, -0.1) is 0 Å². The van der Waals surface area contributed by atoms with Gasteiger partial charge in [0.05, 0.1) is 0 Å². The first-order valence-corrected chi connectivity index (χ1v) is 6.39. The van der Waals surface area contributed by atoms with Crippen LogP contribution in [0.3, 0.4) is 0 Å².